The molecule has 1 aliphatic heterocycles. The van der Waals surface area contributed by atoms with Crippen molar-refractivity contribution in [1.29, 1.82) is 0 Å². The number of ether oxygens (including phenoxy) is 2. The van der Waals surface area contributed by atoms with Gasteiger partial charge < -0.3 is 14.3 Å². The molecule has 1 saturated carbocycles. The average molecular weight is 452 g/mol. The molecule has 0 aromatic heterocycles. The largest absolute Gasteiger partial charge is 0.489 e. The quantitative estimate of drug-likeness (QED) is 0.465. The number of esters is 1. The van der Waals surface area contributed by atoms with Crippen molar-refractivity contribution in [2.75, 3.05) is 6.54 Å². The van der Waals surface area contributed by atoms with Gasteiger partial charge in [-0.25, -0.2) is 8.42 Å². The van der Waals surface area contributed by atoms with Gasteiger partial charge in [-0.2, -0.15) is 4.31 Å². The van der Waals surface area contributed by atoms with E-state index in [2.05, 4.69) is 0 Å². The molecule has 2 aliphatic rings. The highest BCUT2D eigenvalue weighted by molar-refractivity contribution is 7.89. The number of sulfonamides is 1. The van der Waals surface area contributed by atoms with Crippen LogP contribution in [0.5, 0.6) is 5.75 Å². The zero-order valence-electron chi connectivity index (χ0n) is 18.8. The normalized spacial score (nSPS) is 24.8. The van der Waals surface area contributed by atoms with Crippen LogP contribution < -0.4 is 4.74 Å². The number of carbonyl (C=O) groups is 2. The van der Waals surface area contributed by atoms with E-state index in [0.29, 0.717) is 19.3 Å². The molecule has 8 heteroatoms. The molecule has 1 aromatic carbocycles. The SMILES string of the molecule is Cc1ccc(S(=O)(=O)N2CCC[C@H]2C(=O)OC(C)(C)C)c(O[C@@H]2CCC[C@@H]2CC=O)c1. The Labute approximate surface area is 185 Å². The summed E-state index contributed by atoms with van der Waals surface area (Å²) in [6, 6.07) is 4.17. The summed E-state index contributed by atoms with van der Waals surface area (Å²) in [5, 5.41) is 0. The number of nitrogens with zero attached hydrogens (tertiary/aromatic N) is 1. The first-order valence-electron chi connectivity index (χ1n) is 11.0. The van der Waals surface area contributed by atoms with Crippen LogP contribution >= 0.6 is 0 Å². The Bertz CT molecular complexity index is 920. The van der Waals surface area contributed by atoms with Gasteiger partial charge in [-0.15, -0.1) is 0 Å². The molecule has 0 spiro atoms. The zero-order chi connectivity index (χ0) is 22.8. The molecule has 0 N–H and O–H groups in total. The summed E-state index contributed by atoms with van der Waals surface area (Å²) in [6.45, 7) is 7.43. The Morgan fingerprint density at radius 1 is 1.19 bits per heavy atom. The molecular weight excluding hydrogens is 418 g/mol. The van der Waals surface area contributed by atoms with Crippen molar-refractivity contribution in [3.8, 4) is 5.75 Å². The van der Waals surface area contributed by atoms with E-state index in [4.69, 9.17) is 9.47 Å². The Morgan fingerprint density at radius 2 is 1.94 bits per heavy atom. The second-order valence-electron chi connectivity index (χ2n) is 9.51. The molecule has 172 valence electrons. The van der Waals surface area contributed by atoms with Gasteiger partial charge in [0, 0.05) is 18.9 Å². The summed E-state index contributed by atoms with van der Waals surface area (Å²) in [7, 11) is -3.97. The summed E-state index contributed by atoms with van der Waals surface area (Å²) in [6.07, 6.45) is 4.77. The molecular formula is C23H33NO6S. The lowest BCUT2D eigenvalue weighted by atomic mass is 10.0. The Kier molecular flexibility index (Phi) is 7.11. The minimum absolute atomic E-state index is 0.0605. The molecule has 1 saturated heterocycles. The molecule has 3 rings (SSSR count). The number of rotatable bonds is 7. The molecule has 2 fully saturated rings. The van der Waals surface area contributed by atoms with Crippen LogP contribution in [0.3, 0.4) is 0 Å². The van der Waals surface area contributed by atoms with E-state index in [1.165, 1.54) is 4.31 Å². The highest BCUT2D eigenvalue weighted by atomic mass is 32.2. The lowest BCUT2D eigenvalue weighted by molar-refractivity contribution is -0.158. The topological polar surface area (TPSA) is 90.0 Å². The first kappa shape index (κ1) is 23.7. The first-order chi connectivity index (χ1) is 14.5. The molecule has 0 bridgehead atoms. The van der Waals surface area contributed by atoms with Crippen LogP contribution in [0.25, 0.3) is 0 Å². The second-order valence-corrected chi connectivity index (χ2v) is 11.4. The van der Waals surface area contributed by atoms with Gasteiger partial charge in [0.2, 0.25) is 10.0 Å². The highest BCUT2D eigenvalue weighted by Crippen LogP contribution is 2.37. The van der Waals surface area contributed by atoms with E-state index < -0.39 is 27.6 Å². The molecule has 7 nitrogen and oxygen atoms in total. The predicted molar refractivity (Wildman–Crippen MR) is 116 cm³/mol. The summed E-state index contributed by atoms with van der Waals surface area (Å²) in [4.78, 5) is 23.8. The fourth-order valence-electron chi connectivity index (χ4n) is 4.39. The molecule has 0 radical (unpaired) electrons. The van der Waals surface area contributed by atoms with Crippen molar-refractivity contribution in [1.82, 2.24) is 4.31 Å². The van der Waals surface area contributed by atoms with Crippen LogP contribution in [-0.4, -0.2) is 49.3 Å². The third kappa shape index (κ3) is 5.47. The van der Waals surface area contributed by atoms with Crippen LogP contribution in [0.4, 0.5) is 0 Å². The minimum atomic E-state index is -3.97. The summed E-state index contributed by atoms with van der Waals surface area (Å²) in [5.41, 5.74) is 0.188. The van der Waals surface area contributed by atoms with Crippen LogP contribution in [0.15, 0.2) is 23.1 Å². The third-order valence-corrected chi connectivity index (χ3v) is 7.78. The van der Waals surface area contributed by atoms with Crippen molar-refractivity contribution in [2.24, 2.45) is 5.92 Å². The van der Waals surface area contributed by atoms with Crippen molar-refractivity contribution in [3.63, 3.8) is 0 Å². The fraction of sp³-hybridized carbons (Fsp3) is 0.652. The molecule has 0 unspecified atom stereocenters. The molecule has 3 atom stereocenters. The Morgan fingerprint density at radius 3 is 2.61 bits per heavy atom. The summed E-state index contributed by atoms with van der Waals surface area (Å²) in [5.74, 6) is -0.141. The van der Waals surface area contributed by atoms with Crippen molar-refractivity contribution >= 4 is 22.3 Å². The van der Waals surface area contributed by atoms with Crippen molar-refractivity contribution in [3.05, 3.63) is 23.8 Å². The zero-order valence-corrected chi connectivity index (χ0v) is 19.6. The number of benzene rings is 1. The van der Waals surface area contributed by atoms with Gasteiger partial charge in [0.05, 0.1) is 0 Å². The lowest BCUT2D eigenvalue weighted by Crippen LogP contribution is -2.43. The number of hydrogen-bond donors (Lipinski definition) is 0. The van der Waals surface area contributed by atoms with Gasteiger partial charge in [0.15, 0.2) is 0 Å². The monoisotopic (exact) mass is 451 g/mol. The van der Waals surface area contributed by atoms with Gasteiger partial charge in [-0.3, -0.25) is 4.79 Å². The summed E-state index contributed by atoms with van der Waals surface area (Å²) >= 11 is 0. The highest BCUT2D eigenvalue weighted by Gasteiger charge is 2.43. The third-order valence-electron chi connectivity index (χ3n) is 5.84. The summed E-state index contributed by atoms with van der Waals surface area (Å²) < 4.78 is 40.1. The smallest absolute Gasteiger partial charge is 0.324 e. The van der Waals surface area contributed by atoms with Crippen molar-refractivity contribution in [2.45, 2.75) is 88.9 Å². The number of carbonyl (C=O) groups excluding carboxylic acids is 2. The van der Waals surface area contributed by atoms with Crippen LogP contribution in [0.2, 0.25) is 0 Å². The first-order valence-corrected chi connectivity index (χ1v) is 12.4. The number of hydrogen-bond acceptors (Lipinski definition) is 6. The van der Waals surface area contributed by atoms with E-state index in [1.807, 2.05) is 6.92 Å². The van der Waals surface area contributed by atoms with E-state index >= 15 is 0 Å². The molecule has 0 amide bonds. The Hall–Kier alpha value is -1.93. The maximum Gasteiger partial charge on any atom is 0.324 e. The Balaban J connectivity index is 1.90. The average Bonchev–Trinajstić information content (AvgIpc) is 3.31. The second kappa shape index (κ2) is 9.28. The van der Waals surface area contributed by atoms with Gasteiger partial charge in [-0.05, 0) is 77.5 Å². The molecule has 1 aromatic rings. The predicted octanol–water partition coefficient (Wildman–Crippen LogP) is 3.63. The molecule has 31 heavy (non-hydrogen) atoms. The van der Waals surface area contributed by atoms with Crippen molar-refractivity contribution < 1.29 is 27.5 Å². The maximum atomic E-state index is 13.6. The van der Waals surface area contributed by atoms with E-state index in [0.717, 1.165) is 31.1 Å². The van der Waals surface area contributed by atoms with Gasteiger partial charge in [0.25, 0.3) is 0 Å². The van der Waals surface area contributed by atoms with Gasteiger partial charge in [0.1, 0.15) is 34.7 Å². The molecule has 1 aliphatic carbocycles. The fourth-order valence-corrected chi connectivity index (χ4v) is 6.14. The molecule has 1 heterocycles. The minimum Gasteiger partial charge on any atom is -0.489 e. The van der Waals surface area contributed by atoms with Gasteiger partial charge in [-0.1, -0.05) is 6.07 Å². The number of aldehydes is 1. The maximum absolute atomic E-state index is 13.6. The lowest BCUT2D eigenvalue weighted by Gasteiger charge is -2.28. The van der Waals surface area contributed by atoms with E-state index in [1.54, 1.807) is 39.0 Å². The van der Waals surface area contributed by atoms with E-state index in [-0.39, 0.29) is 29.2 Å². The van der Waals surface area contributed by atoms with Crippen LogP contribution in [0, 0.1) is 12.8 Å². The van der Waals surface area contributed by atoms with Crippen LogP contribution in [-0.2, 0) is 24.3 Å². The van der Waals surface area contributed by atoms with Crippen LogP contribution in [0.1, 0.15) is 64.9 Å². The van der Waals surface area contributed by atoms with Gasteiger partial charge >= 0.3 is 5.97 Å². The number of aryl methyl sites for hydroxylation is 1. The van der Waals surface area contributed by atoms with E-state index in [9.17, 15) is 18.0 Å². The standard InChI is InChI=1S/C23H33NO6S/c1-16-10-11-21(20(15-16)29-19-9-5-7-17(19)12-14-25)31(27,28)24-13-6-8-18(24)22(26)30-23(2,3)4/h10-11,14-15,17-19H,5-9,12-13H2,1-4H3/t17-,18+,19-/m1/s1.